The Labute approximate surface area is 113 Å². The SMILES string of the molecule is Fc1cccc(NCc2ccc(Br)c(Cl)c2)c1. The fourth-order valence-electron chi connectivity index (χ4n) is 1.45. The second kappa shape index (κ2) is 5.52. The van der Waals surface area contributed by atoms with Crippen LogP contribution in [0.5, 0.6) is 0 Å². The molecule has 0 aliphatic carbocycles. The van der Waals surface area contributed by atoms with Gasteiger partial charge < -0.3 is 5.32 Å². The van der Waals surface area contributed by atoms with Crippen LogP contribution < -0.4 is 5.32 Å². The van der Waals surface area contributed by atoms with E-state index in [-0.39, 0.29) is 5.82 Å². The van der Waals surface area contributed by atoms with Crippen LogP contribution in [0.2, 0.25) is 5.02 Å². The van der Waals surface area contributed by atoms with Crippen molar-refractivity contribution in [2.24, 2.45) is 0 Å². The van der Waals surface area contributed by atoms with Gasteiger partial charge in [-0.15, -0.1) is 0 Å². The minimum Gasteiger partial charge on any atom is -0.381 e. The average Bonchev–Trinajstić information content (AvgIpc) is 2.31. The van der Waals surface area contributed by atoms with E-state index in [1.807, 2.05) is 24.3 Å². The van der Waals surface area contributed by atoms with Gasteiger partial charge in [-0.2, -0.15) is 0 Å². The molecular weight excluding hydrogens is 305 g/mol. The zero-order valence-electron chi connectivity index (χ0n) is 8.88. The number of anilines is 1. The normalized spacial score (nSPS) is 10.3. The number of halogens is 3. The van der Waals surface area contributed by atoms with Crippen molar-refractivity contribution in [2.75, 3.05) is 5.32 Å². The largest absolute Gasteiger partial charge is 0.381 e. The summed E-state index contributed by atoms with van der Waals surface area (Å²) >= 11 is 9.32. The molecule has 0 unspecified atom stereocenters. The van der Waals surface area contributed by atoms with Crippen molar-refractivity contribution in [1.29, 1.82) is 0 Å². The van der Waals surface area contributed by atoms with Gasteiger partial charge in [-0.25, -0.2) is 4.39 Å². The van der Waals surface area contributed by atoms with E-state index in [9.17, 15) is 4.39 Å². The number of rotatable bonds is 3. The number of hydrogen-bond acceptors (Lipinski definition) is 1. The third kappa shape index (κ3) is 3.45. The first-order valence-electron chi connectivity index (χ1n) is 5.08. The van der Waals surface area contributed by atoms with Gasteiger partial charge in [0.15, 0.2) is 0 Å². The van der Waals surface area contributed by atoms with Gasteiger partial charge in [0.25, 0.3) is 0 Å². The van der Waals surface area contributed by atoms with Crippen LogP contribution >= 0.6 is 27.5 Å². The molecule has 0 amide bonds. The van der Waals surface area contributed by atoms with Gasteiger partial charge in [-0.05, 0) is 51.8 Å². The third-order valence-corrected chi connectivity index (χ3v) is 3.54. The molecule has 0 aliphatic heterocycles. The van der Waals surface area contributed by atoms with Gasteiger partial charge in [0, 0.05) is 16.7 Å². The highest BCUT2D eigenvalue weighted by atomic mass is 79.9. The lowest BCUT2D eigenvalue weighted by atomic mass is 10.2. The lowest BCUT2D eigenvalue weighted by molar-refractivity contribution is 0.628. The Morgan fingerprint density at radius 1 is 1.18 bits per heavy atom. The Morgan fingerprint density at radius 3 is 2.71 bits per heavy atom. The van der Waals surface area contributed by atoms with E-state index in [1.54, 1.807) is 6.07 Å². The Bertz CT molecular complexity index is 531. The highest BCUT2D eigenvalue weighted by molar-refractivity contribution is 9.10. The Morgan fingerprint density at radius 2 is 2.00 bits per heavy atom. The highest BCUT2D eigenvalue weighted by Gasteiger charge is 1.99. The van der Waals surface area contributed by atoms with E-state index >= 15 is 0 Å². The fourth-order valence-corrected chi connectivity index (χ4v) is 1.90. The summed E-state index contributed by atoms with van der Waals surface area (Å²) in [7, 11) is 0. The van der Waals surface area contributed by atoms with Gasteiger partial charge in [-0.1, -0.05) is 23.7 Å². The zero-order chi connectivity index (χ0) is 12.3. The lowest BCUT2D eigenvalue weighted by Crippen LogP contribution is -1.99. The van der Waals surface area contributed by atoms with Gasteiger partial charge >= 0.3 is 0 Å². The second-order valence-corrected chi connectivity index (χ2v) is 4.87. The predicted octanol–water partition coefficient (Wildman–Crippen LogP) is 4.85. The summed E-state index contributed by atoms with van der Waals surface area (Å²) in [5, 5.41) is 3.80. The van der Waals surface area contributed by atoms with Crippen LogP contribution in [0.25, 0.3) is 0 Å². The number of hydrogen-bond donors (Lipinski definition) is 1. The Kier molecular flexibility index (Phi) is 4.02. The van der Waals surface area contributed by atoms with Crippen molar-refractivity contribution < 1.29 is 4.39 Å². The van der Waals surface area contributed by atoms with Crippen LogP contribution in [0.4, 0.5) is 10.1 Å². The van der Waals surface area contributed by atoms with Crippen molar-refractivity contribution in [3.63, 3.8) is 0 Å². The minimum atomic E-state index is -0.246. The van der Waals surface area contributed by atoms with Crippen LogP contribution in [0, 0.1) is 5.82 Å². The molecule has 0 saturated carbocycles. The molecule has 4 heteroatoms. The van der Waals surface area contributed by atoms with E-state index in [1.165, 1.54) is 12.1 Å². The molecule has 0 aliphatic rings. The maximum atomic E-state index is 12.9. The molecule has 0 atom stereocenters. The number of benzene rings is 2. The summed E-state index contributed by atoms with van der Waals surface area (Å²) in [5.74, 6) is -0.246. The van der Waals surface area contributed by atoms with E-state index in [0.717, 1.165) is 15.7 Å². The maximum absolute atomic E-state index is 12.9. The summed E-state index contributed by atoms with van der Waals surface area (Å²) < 4.78 is 13.8. The van der Waals surface area contributed by atoms with Crippen LogP contribution in [-0.4, -0.2) is 0 Å². The van der Waals surface area contributed by atoms with Gasteiger partial charge in [-0.3, -0.25) is 0 Å². The van der Waals surface area contributed by atoms with E-state index in [2.05, 4.69) is 21.2 Å². The van der Waals surface area contributed by atoms with Gasteiger partial charge in [0.05, 0.1) is 5.02 Å². The topological polar surface area (TPSA) is 12.0 Å². The predicted molar refractivity (Wildman–Crippen MR) is 72.9 cm³/mol. The summed E-state index contributed by atoms with van der Waals surface area (Å²) in [5.41, 5.74) is 1.80. The van der Waals surface area contributed by atoms with Crippen LogP contribution in [0.15, 0.2) is 46.9 Å². The van der Waals surface area contributed by atoms with Crippen molar-refractivity contribution in [3.05, 3.63) is 63.3 Å². The average molecular weight is 315 g/mol. The third-order valence-electron chi connectivity index (χ3n) is 2.31. The van der Waals surface area contributed by atoms with Crippen molar-refractivity contribution in [1.82, 2.24) is 0 Å². The van der Waals surface area contributed by atoms with Crippen LogP contribution in [0.1, 0.15) is 5.56 Å². The molecule has 0 spiro atoms. The van der Waals surface area contributed by atoms with E-state index in [4.69, 9.17) is 11.6 Å². The minimum absolute atomic E-state index is 0.246. The number of nitrogens with one attached hydrogen (secondary N) is 1. The van der Waals surface area contributed by atoms with Crippen LogP contribution in [-0.2, 0) is 6.54 Å². The molecule has 1 nitrogen and oxygen atoms in total. The fraction of sp³-hybridized carbons (Fsp3) is 0.0769. The molecule has 0 fully saturated rings. The van der Waals surface area contributed by atoms with E-state index in [0.29, 0.717) is 11.6 Å². The first-order chi connectivity index (χ1) is 8.15. The highest BCUT2D eigenvalue weighted by Crippen LogP contribution is 2.23. The lowest BCUT2D eigenvalue weighted by Gasteiger charge is -2.07. The molecule has 0 saturated heterocycles. The first kappa shape index (κ1) is 12.4. The quantitative estimate of drug-likeness (QED) is 0.853. The van der Waals surface area contributed by atoms with Crippen molar-refractivity contribution in [2.45, 2.75) is 6.54 Å². The standard InChI is InChI=1S/C13H10BrClFN/c14-12-5-4-9(6-13(12)15)8-17-11-3-1-2-10(16)7-11/h1-7,17H,8H2. The van der Waals surface area contributed by atoms with Gasteiger partial charge in [0.1, 0.15) is 5.82 Å². The second-order valence-electron chi connectivity index (χ2n) is 3.61. The zero-order valence-corrected chi connectivity index (χ0v) is 11.2. The molecule has 2 rings (SSSR count). The van der Waals surface area contributed by atoms with Gasteiger partial charge in [0.2, 0.25) is 0 Å². The monoisotopic (exact) mass is 313 g/mol. The van der Waals surface area contributed by atoms with Crippen LogP contribution in [0.3, 0.4) is 0 Å². The Hall–Kier alpha value is -1.06. The Balaban J connectivity index is 2.05. The molecule has 2 aromatic carbocycles. The molecule has 0 aromatic heterocycles. The molecule has 0 radical (unpaired) electrons. The van der Waals surface area contributed by atoms with Crippen molar-refractivity contribution in [3.8, 4) is 0 Å². The molecule has 2 aromatic rings. The summed E-state index contributed by atoms with van der Waals surface area (Å²) in [6.45, 7) is 0.608. The first-order valence-corrected chi connectivity index (χ1v) is 6.25. The van der Waals surface area contributed by atoms with E-state index < -0.39 is 0 Å². The summed E-state index contributed by atoms with van der Waals surface area (Å²) in [4.78, 5) is 0. The molecule has 88 valence electrons. The smallest absolute Gasteiger partial charge is 0.125 e. The maximum Gasteiger partial charge on any atom is 0.125 e. The molecule has 1 N–H and O–H groups in total. The molecule has 0 bridgehead atoms. The summed E-state index contributed by atoms with van der Waals surface area (Å²) in [6, 6.07) is 12.1. The van der Waals surface area contributed by atoms with Crippen molar-refractivity contribution >= 4 is 33.2 Å². The molecule has 0 heterocycles. The molecular formula is C13H10BrClFN. The molecule has 17 heavy (non-hydrogen) atoms. The summed E-state index contributed by atoms with van der Waals surface area (Å²) in [6.07, 6.45) is 0.